The Kier molecular flexibility index (Phi) is 8.96. The van der Waals surface area contributed by atoms with Crippen LogP contribution >= 0.6 is 11.3 Å². The average molecular weight is 491 g/mol. The minimum Gasteiger partial charge on any atom is -0.494 e. The summed E-state index contributed by atoms with van der Waals surface area (Å²) in [7, 11) is 0. The third kappa shape index (κ3) is 6.73. The molecule has 2 aromatic carbocycles. The quantitative estimate of drug-likeness (QED) is 0.383. The zero-order valence-electron chi connectivity index (χ0n) is 20.3. The largest absolute Gasteiger partial charge is 0.494 e. The minimum atomic E-state index is -0.755. The van der Waals surface area contributed by atoms with Gasteiger partial charge in [-0.3, -0.25) is 9.59 Å². The van der Waals surface area contributed by atoms with Crippen molar-refractivity contribution in [3.63, 3.8) is 0 Å². The molecular formula is C29H34N2O3S. The molecule has 0 aliphatic heterocycles. The molecule has 1 saturated carbocycles. The van der Waals surface area contributed by atoms with Crippen LogP contribution in [-0.4, -0.2) is 35.9 Å². The molecule has 35 heavy (non-hydrogen) atoms. The summed E-state index contributed by atoms with van der Waals surface area (Å²) in [6.07, 6.45) is 5.16. The molecule has 1 heterocycles. The molecule has 0 radical (unpaired) electrons. The Morgan fingerprint density at radius 3 is 2.49 bits per heavy atom. The fraction of sp³-hybridized carbons (Fsp3) is 0.379. The van der Waals surface area contributed by atoms with Crippen molar-refractivity contribution < 1.29 is 14.3 Å². The predicted octanol–water partition coefficient (Wildman–Crippen LogP) is 5.56. The Balaban J connectivity index is 1.69. The fourth-order valence-corrected chi connectivity index (χ4v) is 5.45. The van der Waals surface area contributed by atoms with E-state index in [1.165, 1.54) is 0 Å². The molecule has 0 saturated heterocycles. The molecule has 0 bridgehead atoms. The van der Waals surface area contributed by atoms with Crippen LogP contribution in [0.2, 0.25) is 0 Å². The van der Waals surface area contributed by atoms with Gasteiger partial charge in [0.25, 0.3) is 0 Å². The van der Waals surface area contributed by atoms with Crippen molar-refractivity contribution in [1.82, 2.24) is 10.2 Å². The molecule has 6 heteroatoms. The molecule has 1 aliphatic carbocycles. The summed E-state index contributed by atoms with van der Waals surface area (Å²) in [4.78, 5) is 30.4. The van der Waals surface area contributed by atoms with Crippen LogP contribution in [0.25, 0.3) is 0 Å². The van der Waals surface area contributed by atoms with E-state index in [1.54, 1.807) is 16.2 Å². The van der Waals surface area contributed by atoms with E-state index in [0.717, 1.165) is 41.7 Å². The highest BCUT2D eigenvalue weighted by molar-refractivity contribution is 7.10. The number of thiophene rings is 1. The van der Waals surface area contributed by atoms with Gasteiger partial charge >= 0.3 is 0 Å². The van der Waals surface area contributed by atoms with E-state index in [1.807, 2.05) is 66.9 Å². The first-order valence-corrected chi connectivity index (χ1v) is 13.4. The Morgan fingerprint density at radius 2 is 1.77 bits per heavy atom. The zero-order valence-corrected chi connectivity index (χ0v) is 21.1. The third-order valence-electron chi connectivity index (χ3n) is 6.49. The molecule has 1 fully saturated rings. The number of hydrogen-bond donors (Lipinski definition) is 1. The number of nitrogens with one attached hydrogen (secondary N) is 1. The van der Waals surface area contributed by atoms with E-state index >= 15 is 0 Å². The van der Waals surface area contributed by atoms with Crippen molar-refractivity contribution in [2.24, 2.45) is 0 Å². The second-order valence-electron chi connectivity index (χ2n) is 8.94. The number of nitrogens with zero attached hydrogens (tertiary/aromatic N) is 1. The van der Waals surface area contributed by atoms with Gasteiger partial charge in [0.05, 0.1) is 13.0 Å². The first-order chi connectivity index (χ1) is 17.2. The summed E-state index contributed by atoms with van der Waals surface area (Å²) < 4.78 is 5.92. The second kappa shape index (κ2) is 12.5. The van der Waals surface area contributed by atoms with Crippen molar-refractivity contribution in [2.75, 3.05) is 13.2 Å². The molecular weight excluding hydrogens is 456 g/mol. The Hall–Kier alpha value is -3.12. The molecule has 1 aliphatic rings. The maximum Gasteiger partial charge on any atom is 0.247 e. The number of carbonyl (C=O) groups excluding carboxylic acids is 2. The highest BCUT2D eigenvalue weighted by Gasteiger charge is 2.34. The topological polar surface area (TPSA) is 58.6 Å². The fourth-order valence-electron chi connectivity index (χ4n) is 4.75. The van der Waals surface area contributed by atoms with Gasteiger partial charge in [0, 0.05) is 23.0 Å². The lowest BCUT2D eigenvalue weighted by Gasteiger charge is -2.33. The first-order valence-electron chi connectivity index (χ1n) is 12.5. The van der Waals surface area contributed by atoms with Gasteiger partial charge in [-0.2, -0.15) is 0 Å². The van der Waals surface area contributed by atoms with Gasteiger partial charge in [0.1, 0.15) is 11.8 Å². The van der Waals surface area contributed by atoms with Crippen LogP contribution < -0.4 is 10.1 Å². The lowest BCUT2D eigenvalue weighted by Crippen LogP contribution is -2.47. The van der Waals surface area contributed by atoms with Gasteiger partial charge in [0.2, 0.25) is 11.8 Å². The average Bonchev–Trinajstić information content (AvgIpc) is 3.58. The highest BCUT2D eigenvalue weighted by Crippen LogP contribution is 2.32. The molecule has 184 valence electrons. The Labute approximate surface area is 212 Å². The highest BCUT2D eigenvalue weighted by atomic mass is 32.1. The molecule has 5 nitrogen and oxygen atoms in total. The van der Waals surface area contributed by atoms with Gasteiger partial charge in [0.15, 0.2) is 0 Å². The second-order valence-corrected chi connectivity index (χ2v) is 9.97. The van der Waals surface area contributed by atoms with Crippen molar-refractivity contribution in [3.05, 3.63) is 88.1 Å². The molecule has 0 unspecified atom stereocenters. The summed E-state index contributed by atoms with van der Waals surface area (Å²) in [6, 6.07) is 21.1. The van der Waals surface area contributed by atoms with Crippen molar-refractivity contribution in [2.45, 2.75) is 57.5 Å². The lowest BCUT2D eigenvalue weighted by molar-refractivity contribution is -0.140. The summed E-state index contributed by atoms with van der Waals surface area (Å²) >= 11 is 1.56. The number of para-hydroxylation sites is 1. The molecule has 4 rings (SSSR count). The number of hydrogen-bond acceptors (Lipinski definition) is 4. The smallest absolute Gasteiger partial charge is 0.247 e. The van der Waals surface area contributed by atoms with Crippen molar-refractivity contribution >= 4 is 23.2 Å². The molecule has 2 amide bonds. The van der Waals surface area contributed by atoms with E-state index < -0.39 is 6.04 Å². The van der Waals surface area contributed by atoms with E-state index in [-0.39, 0.29) is 24.3 Å². The van der Waals surface area contributed by atoms with Gasteiger partial charge in [-0.05, 0) is 49.3 Å². The van der Waals surface area contributed by atoms with Gasteiger partial charge < -0.3 is 15.0 Å². The number of rotatable bonds is 11. The summed E-state index contributed by atoms with van der Waals surface area (Å²) in [6.45, 7) is 2.86. The van der Waals surface area contributed by atoms with E-state index in [4.69, 9.17) is 4.74 Å². The monoisotopic (exact) mass is 490 g/mol. The summed E-state index contributed by atoms with van der Waals surface area (Å²) in [5.41, 5.74) is 1.87. The Morgan fingerprint density at radius 1 is 1.03 bits per heavy atom. The maximum absolute atomic E-state index is 13.9. The first kappa shape index (κ1) is 25.0. The minimum absolute atomic E-state index is 0.0544. The van der Waals surface area contributed by atoms with Gasteiger partial charge in [-0.15, -0.1) is 11.3 Å². The lowest BCUT2D eigenvalue weighted by atomic mass is 10.0. The van der Waals surface area contributed by atoms with E-state index in [9.17, 15) is 9.59 Å². The van der Waals surface area contributed by atoms with Crippen LogP contribution in [0.4, 0.5) is 0 Å². The molecule has 1 N–H and O–H groups in total. The van der Waals surface area contributed by atoms with Crippen LogP contribution in [0.3, 0.4) is 0 Å². The summed E-state index contributed by atoms with van der Waals surface area (Å²) in [5, 5.41) is 5.23. The molecule has 1 aromatic heterocycles. The SMILES string of the molecule is CCOc1ccccc1[C@@H](C(=O)NC1CCCC1)N(CCc1ccccc1)C(=O)Cc1cccs1. The molecule has 3 aromatic rings. The number of ether oxygens (including phenoxy) is 1. The van der Waals surface area contributed by atoms with Crippen LogP contribution in [0.15, 0.2) is 72.1 Å². The van der Waals surface area contributed by atoms with Crippen molar-refractivity contribution in [1.29, 1.82) is 0 Å². The molecule has 1 atom stereocenters. The maximum atomic E-state index is 13.9. The number of benzene rings is 2. The Bertz CT molecular complexity index is 1080. The van der Waals surface area contributed by atoms with Crippen LogP contribution in [0.5, 0.6) is 5.75 Å². The number of amides is 2. The molecule has 0 spiro atoms. The third-order valence-corrected chi connectivity index (χ3v) is 7.36. The van der Waals surface area contributed by atoms with Crippen molar-refractivity contribution in [3.8, 4) is 5.75 Å². The standard InChI is InChI=1S/C29H34N2O3S/c1-2-34-26-17-9-8-16-25(26)28(29(33)30-23-13-6-7-14-23)31(19-18-22-11-4-3-5-12-22)27(32)21-24-15-10-20-35-24/h3-5,8-12,15-17,20,23,28H,2,6-7,13-14,18-19,21H2,1H3,(H,30,33)/t28-/m0/s1. The predicted molar refractivity (Wildman–Crippen MR) is 141 cm³/mol. The van der Waals surface area contributed by atoms with E-state index in [0.29, 0.717) is 25.3 Å². The van der Waals surface area contributed by atoms with Crippen LogP contribution in [0.1, 0.15) is 54.7 Å². The number of carbonyl (C=O) groups is 2. The van der Waals surface area contributed by atoms with Crippen LogP contribution in [0, 0.1) is 0 Å². The van der Waals surface area contributed by atoms with Gasteiger partial charge in [-0.25, -0.2) is 0 Å². The zero-order chi connectivity index (χ0) is 24.5. The normalized spacial score (nSPS) is 14.4. The summed E-state index contributed by atoms with van der Waals surface area (Å²) in [5.74, 6) is 0.466. The van der Waals surface area contributed by atoms with Gasteiger partial charge in [-0.1, -0.05) is 67.4 Å². The van der Waals surface area contributed by atoms with E-state index in [2.05, 4.69) is 17.4 Å². The van der Waals surface area contributed by atoms with Crippen LogP contribution in [-0.2, 0) is 22.4 Å².